The maximum atomic E-state index is 2.36. The minimum Gasteiger partial charge on any atom is -0.0625 e. The lowest BCUT2D eigenvalue weighted by Crippen LogP contribution is -2.20. The van der Waals surface area contributed by atoms with Crippen LogP contribution in [0.25, 0.3) is 0 Å². The fourth-order valence-electron chi connectivity index (χ4n) is 7.73. The molecule has 0 saturated heterocycles. The van der Waals surface area contributed by atoms with Gasteiger partial charge in [0.25, 0.3) is 0 Å². The summed E-state index contributed by atoms with van der Waals surface area (Å²) >= 11 is 0. The summed E-state index contributed by atoms with van der Waals surface area (Å²) in [7, 11) is 0. The summed E-state index contributed by atoms with van der Waals surface area (Å²) in [6, 6.07) is 0. The molecule has 0 aromatic carbocycles. The van der Waals surface area contributed by atoms with Gasteiger partial charge in [0, 0.05) is 0 Å². The standard InChI is InChI=1S/2C12H22.C7H14/c2*1-3-7-11(8-4-1)12-9-5-2-6-10-12;1-7-5-3-2-4-6-7/h2*11-12H,1-10H2;7H,2-6H2,1H3. The quantitative estimate of drug-likeness (QED) is 0.408. The predicted molar refractivity (Wildman–Crippen MR) is 139 cm³/mol. The van der Waals surface area contributed by atoms with Gasteiger partial charge in [-0.1, -0.05) is 167 Å². The molecule has 0 bridgehead atoms. The van der Waals surface area contributed by atoms with Crippen molar-refractivity contribution < 1.29 is 0 Å². The summed E-state index contributed by atoms with van der Waals surface area (Å²) in [5, 5.41) is 0. The van der Waals surface area contributed by atoms with E-state index in [2.05, 4.69) is 6.92 Å². The maximum Gasteiger partial charge on any atom is -0.0386 e. The first-order valence-electron chi connectivity index (χ1n) is 15.3. The van der Waals surface area contributed by atoms with Gasteiger partial charge in [-0.2, -0.15) is 0 Å². The van der Waals surface area contributed by atoms with Crippen LogP contribution in [0.3, 0.4) is 0 Å². The Morgan fingerprint density at radius 2 is 0.452 bits per heavy atom. The van der Waals surface area contributed by atoms with Crippen LogP contribution in [0.5, 0.6) is 0 Å². The van der Waals surface area contributed by atoms with Crippen LogP contribution in [0, 0.1) is 29.6 Å². The fourth-order valence-corrected chi connectivity index (χ4v) is 7.73. The summed E-state index contributed by atoms with van der Waals surface area (Å²) in [6.07, 6.45) is 38.2. The molecular weight excluding hydrogens is 372 g/mol. The molecule has 5 aliphatic carbocycles. The van der Waals surface area contributed by atoms with E-state index in [1.165, 1.54) is 109 Å². The lowest BCUT2D eigenvalue weighted by molar-refractivity contribution is 0.196. The molecule has 0 aromatic rings. The first-order valence-corrected chi connectivity index (χ1v) is 15.3. The van der Waals surface area contributed by atoms with Gasteiger partial charge in [-0.3, -0.25) is 0 Å². The highest BCUT2D eigenvalue weighted by molar-refractivity contribution is 4.77. The van der Waals surface area contributed by atoms with Crippen molar-refractivity contribution in [3.05, 3.63) is 0 Å². The topological polar surface area (TPSA) is 0 Å². The van der Waals surface area contributed by atoms with E-state index in [1.54, 1.807) is 51.4 Å². The van der Waals surface area contributed by atoms with Gasteiger partial charge in [0.15, 0.2) is 0 Å². The third-order valence-electron chi connectivity index (χ3n) is 9.83. The number of hydrogen-bond acceptors (Lipinski definition) is 0. The molecule has 5 saturated carbocycles. The monoisotopic (exact) mass is 430 g/mol. The van der Waals surface area contributed by atoms with Gasteiger partial charge in [0.1, 0.15) is 0 Å². The molecule has 182 valence electrons. The van der Waals surface area contributed by atoms with E-state index < -0.39 is 0 Å². The van der Waals surface area contributed by atoms with Gasteiger partial charge >= 0.3 is 0 Å². The summed E-state index contributed by atoms with van der Waals surface area (Å²) in [4.78, 5) is 0. The molecule has 0 unspecified atom stereocenters. The molecule has 0 atom stereocenters. The van der Waals surface area contributed by atoms with Crippen molar-refractivity contribution in [2.75, 3.05) is 0 Å². The molecule has 0 nitrogen and oxygen atoms in total. The molecule has 5 aliphatic rings. The molecule has 0 heterocycles. The molecule has 31 heavy (non-hydrogen) atoms. The van der Waals surface area contributed by atoms with E-state index >= 15 is 0 Å². The number of hydrogen-bond donors (Lipinski definition) is 0. The van der Waals surface area contributed by atoms with Crippen molar-refractivity contribution >= 4 is 0 Å². The Balaban J connectivity index is 0.000000137. The lowest BCUT2D eigenvalue weighted by atomic mass is 9.73. The molecule has 0 radical (unpaired) electrons. The second-order valence-corrected chi connectivity index (χ2v) is 12.3. The largest absolute Gasteiger partial charge is 0.0625 e. The van der Waals surface area contributed by atoms with E-state index in [0.717, 1.165) is 29.6 Å². The Morgan fingerprint density at radius 3 is 0.613 bits per heavy atom. The Morgan fingerprint density at radius 1 is 0.258 bits per heavy atom. The van der Waals surface area contributed by atoms with Gasteiger partial charge in [0.2, 0.25) is 0 Å². The highest BCUT2D eigenvalue weighted by Crippen LogP contribution is 2.39. The zero-order chi connectivity index (χ0) is 21.6. The van der Waals surface area contributed by atoms with Crippen LogP contribution >= 0.6 is 0 Å². The zero-order valence-corrected chi connectivity index (χ0v) is 21.6. The van der Waals surface area contributed by atoms with Gasteiger partial charge in [-0.25, -0.2) is 0 Å². The number of rotatable bonds is 2. The summed E-state index contributed by atoms with van der Waals surface area (Å²) in [5.74, 6) is 5.59. The van der Waals surface area contributed by atoms with Crippen LogP contribution in [0.4, 0.5) is 0 Å². The van der Waals surface area contributed by atoms with E-state index in [4.69, 9.17) is 0 Å². The second-order valence-electron chi connectivity index (χ2n) is 12.3. The molecule has 0 amide bonds. The van der Waals surface area contributed by atoms with Crippen LogP contribution in [-0.4, -0.2) is 0 Å². The van der Waals surface area contributed by atoms with Crippen molar-refractivity contribution in [2.24, 2.45) is 29.6 Å². The van der Waals surface area contributed by atoms with Crippen LogP contribution in [0.15, 0.2) is 0 Å². The second kappa shape index (κ2) is 15.8. The highest BCUT2D eigenvalue weighted by Gasteiger charge is 2.25. The van der Waals surface area contributed by atoms with Crippen molar-refractivity contribution in [3.8, 4) is 0 Å². The summed E-state index contributed by atoms with van der Waals surface area (Å²) < 4.78 is 0. The molecule has 5 rings (SSSR count). The minimum atomic E-state index is 1.04. The van der Waals surface area contributed by atoms with Crippen LogP contribution < -0.4 is 0 Å². The Labute approximate surface area is 197 Å². The van der Waals surface area contributed by atoms with Crippen molar-refractivity contribution in [3.63, 3.8) is 0 Å². The predicted octanol–water partition coefficient (Wildman–Crippen LogP) is 10.9. The molecule has 0 aromatic heterocycles. The summed E-state index contributed by atoms with van der Waals surface area (Å²) in [5.41, 5.74) is 0. The summed E-state index contributed by atoms with van der Waals surface area (Å²) in [6.45, 7) is 2.36. The highest BCUT2D eigenvalue weighted by atomic mass is 14.3. The normalized spacial score (nSPS) is 28.2. The maximum absolute atomic E-state index is 2.36. The SMILES string of the molecule is C1CCC(C2CCCCC2)CC1.C1CCC(C2CCCCC2)CC1.CC1CCCCC1. The van der Waals surface area contributed by atoms with Crippen LogP contribution in [0.2, 0.25) is 0 Å². The van der Waals surface area contributed by atoms with E-state index in [0.29, 0.717) is 0 Å². The minimum absolute atomic E-state index is 1.04. The van der Waals surface area contributed by atoms with Gasteiger partial charge < -0.3 is 0 Å². The van der Waals surface area contributed by atoms with E-state index in [1.807, 2.05) is 0 Å². The first kappa shape index (κ1) is 25.6. The van der Waals surface area contributed by atoms with Crippen molar-refractivity contribution in [1.29, 1.82) is 0 Å². The first-order chi connectivity index (χ1) is 15.3. The molecule has 0 heteroatoms. The molecular formula is C31H58. The van der Waals surface area contributed by atoms with Gasteiger partial charge in [-0.15, -0.1) is 0 Å². The molecule has 0 spiro atoms. The molecule has 0 N–H and O–H groups in total. The third kappa shape index (κ3) is 10.2. The van der Waals surface area contributed by atoms with E-state index in [9.17, 15) is 0 Å². The van der Waals surface area contributed by atoms with Crippen LogP contribution in [0.1, 0.15) is 167 Å². The smallest absolute Gasteiger partial charge is 0.0386 e. The Bertz CT molecular complexity index is 332. The van der Waals surface area contributed by atoms with Crippen molar-refractivity contribution in [1.82, 2.24) is 0 Å². The third-order valence-corrected chi connectivity index (χ3v) is 9.83. The Kier molecular flexibility index (Phi) is 13.0. The molecule has 0 aliphatic heterocycles. The zero-order valence-electron chi connectivity index (χ0n) is 21.6. The van der Waals surface area contributed by atoms with Gasteiger partial charge in [0.05, 0.1) is 0 Å². The lowest BCUT2D eigenvalue weighted by Gasteiger charge is -2.32. The van der Waals surface area contributed by atoms with Crippen molar-refractivity contribution in [2.45, 2.75) is 167 Å². The van der Waals surface area contributed by atoms with Gasteiger partial charge in [-0.05, 0) is 29.6 Å². The van der Waals surface area contributed by atoms with E-state index in [-0.39, 0.29) is 0 Å². The molecule has 5 fully saturated rings. The average molecular weight is 431 g/mol. The fraction of sp³-hybridized carbons (Fsp3) is 1.00. The Hall–Kier alpha value is 0. The average Bonchev–Trinajstić information content (AvgIpc) is 2.87. The van der Waals surface area contributed by atoms with Crippen LogP contribution in [-0.2, 0) is 0 Å².